The average Bonchev–Trinajstić information content (AvgIpc) is 2.85. The topological polar surface area (TPSA) is 75.6 Å². The number of anilines is 1. The number of aryl methyl sites for hydroxylation is 2. The van der Waals surface area contributed by atoms with E-state index in [9.17, 15) is 18.4 Å². The SMILES string of the molecule is Cc1cc(OC(F)F)c(C(=O)Nc2cccc(CCC(=O)O)c2)s1. The van der Waals surface area contributed by atoms with Crippen molar-refractivity contribution in [3.05, 3.63) is 45.6 Å². The fourth-order valence-electron chi connectivity index (χ4n) is 2.08. The van der Waals surface area contributed by atoms with Gasteiger partial charge in [0.1, 0.15) is 10.6 Å². The average molecular weight is 355 g/mol. The van der Waals surface area contributed by atoms with Crippen LogP contribution in [0.25, 0.3) is 0 Å². The van der Waals surface area contributed by atoms with Gasteiger partial charge in [0.2, 0.25) is 0 Å². The molecule has 1 heterocycles. The third kappa shape index (κ3) is 5.02. The van der Waals surface area contributed by atoms with E-state index in [4.69, 9.17) is 5.11 Å². The molecule has 1 aromatic carbocycles. The molecule has 2 rings (SSSR count). The van der Waals surface area contributed by atoms with Crippen molar-refractivity contribution in [3.63, 3.8) is 0 Å². The summed E-state index contributed by atoms with van der Waals surface area (Å²) in [7, 11) is 0. The number of aliphatic carboxylic acids is 1. The summed E-state index contributed by atoms with van der Waals surface area (Å²) in [5.41, 5.74) is 1.21. The second-order valence-corrected chi connectivity index (χ2v) is 6.23. The number of carbonyl (C=O) groups is 2. The maximum Gasteiger partial charge on any atom is 0.387 e. The van der Waals surface area contributed by atoms with E-state index >= 15 is 0 Å². The van der Waals surface area contributed by atoms with Crippen LogP contribution in [-0.2, 0) is 11.2 Å². The highest BCUT2D eigenvalue weighted by Crippen LogP contribution is 2.31. The Bertz CT molecular complexity index is 745. The van der Waals surface area contributed by atoms with Gasteiger partial charge in [-0.15, -0.1) is 11.3 Å². The first-order chi connectivity index (χ1) is 11.3. The largest absolute Gasteiger partial charge is 0.481 e. The summed E-state index contributed by atoms with van der Waals surface area (Å²) in [4.78, 5) is 23.6. The van der Waals surface area contributed by atoms with E-state index in [1.165, 1.54) is 6.07 Å². The van der Waals surface area contributed by atoms with Crippen LogP contribution in [-0.4, -0.2) is 23.6 Å². The number of alkyl halides is 2. The van der Waals surface area contributed by atoms with E-state index in [1.54, 1.807) is 31.2 Å². The first kappa shape index (κ1) is 17.9. The lowest BCUT2D eigenvalue weighted by Crippen LogP contribution is -2.13. The van der Waals surface area contributed by atoms with Crippen LogP contribution in [0.1, 0.15) is 26.5 Å². The van der Waals surface area contributed by atoms with Gasteiger partial charge in [0.05, 0.1) is 0 Å². The Kier molecular flexibility index (Phi) is 5.86. The quantitative estimate of drug-likeness (QED) is 0.789. The van der Waals surface area contributed by atoms with Crippen molar-refractivity contribution in [1.82, 2.24) is 0 Å². The van der Waals surface area contributed by atoms with E-state index in [-0.39, 0.29) is 17.0 Å². The summed E-state index contributed by atoms with van der Waals surface area (Å²) < 4.78 is 29.2. The lowest BCUT2D eigenvalue weighted by atomic mass is 10.1. The Morgan fingerprint density at radius 1 is 1.33 bits per heavy atom. The second-order valence-electron chi connectivity index (χ2n) is 4.98. The smallest absolute Gasteiger partial charge is 0.387 e. The van der Waals surface area contributed by atoms with Gasteiger partial charge in [-0.3, -0.25) is 9.59 Å². The lowest BCUT2D eigenvalue weighted by Gasteiger charge is -2.08. The molecule has 0 fully saturated rings. The Labute approximate surface area is 140 Å². The van der Waals surface area contributed by atoms with Gasteiger partial charge in [-0.05, 0) is 37.1 Å². The van der Waals surface area contributed by atoms with Crippen molar-refractivity contribution in [2.45, 2.75) is 26.4 Å². The number of carbonyl (C=O) groups excluding carboxylic acids is 1. The molecule has 128 valence electrons. The number of carboxylic acids is 1. The minimum absolute atomic E-state index is 0.0199. The number of benzene rings is 1. The molecule has 0 atom stereocenters. The number of hydrogen-bond donors (Lipinski definition) is 2. The Hall–Kier alpha value is -2.48. The van der Waals surface area contributed by atoms with Crippen molar-refractivity contribution in [2.75, 3.05) is 5.32 Å². The monoisotopic (exact) mass is 355 g/mol. The Balaban J connectivity index is 2.12. The molecule has 0 spiro atoms. The summed E-state index contributed by atoms with van der Waals surface area (Å²) in [6.07, 6.45) is 0.310. The summed E-state index contributed by atoms with van der Waals surface area (Å²) in [5.74, 6) is -1.63. The Morgan fingerprint density at radius 3 is 2.75 bits per heavy atom. The first-order valence-corrected chi connectivity index (χ1v) is 7.84. The van der Waals surface area contributed by atoms with Crippen LogP contribution in [0, 0.1) is 6.92 Å². The molecule has 2 aromatic rings. The third-order valence-corrected chi connectivity index (χ3v) is 4.09. The molecule has 0 bridgehead atoms. The number of carboxylic acid groups (broad SMARTS) is 1. The van der Waals surface area contributed by atoms with Crippen molar-refractivity contribution in [2.24, 2.45) is 0 Å². The zero-order chi connectivity index (χ0) is 17.7. The van der Waals surface area contributed by atoms with Crippen LogP contribution >= 0.6 is 11.3 Å². The number of thiophene rings is 1. The van der Waals surface area contributed by atoms with Gasteiger partial charge in [-0.2, -0.15) is 8.78 Å². The summed E-state index contributed by atoms with van der Waals surface area (Å²) in [6.45, 7) is -1.32. The van der Waals surface area contributed by atoms with Crippen LogP contribution < -0.4 is 10.1 Å². The normalized spacial score (nSPS) is 10.7. The van der Waals surface area contributed by atoms with Gasteiger partial charge < -0.3 is 15.2 Å². The number of rotatable bonds is 7. The van der Waals surface area contributed by atoms with Crippen LogP contribution in [0.5, 0.6) is 5.75 Å². The maximum absolute atomic E-state index is 12.4. The third-order valence-electron chi connectivity index (χ3n) is 3.06. The first-order valence-electron chi connectivity index (χ1n) is 7.02. The van der Waals surface area contributed by atoms with E-state index in [0.29, 0.717) is 17.0 Å². The predicted molar refractivity (Wildman–Crippen MR) is 86.0 cm³/mol. The summed E-state index contributed by atoms with van der Waals surface area (Å²) in [6, 6.07) is 8.10. The lowest BCUT2D eigenvalue weighted by molar-refractivity contribution is -0.136. The zero-order valence-corrected chi connectivity index (χ0v) is 13.5. The number of amides is 1. The van der Waals surface area contributed by atoms with Gasteiger partial charge in [-0.1, -0.05) is 12.1 Å². The molecule has 0 radical (unpaired) electrons. The molecule has 5 nitrogen and oxygen atoms in total. The van der Waals surface area contributed by atoms with Crippen molar-refractivity contribution < 1.29 is 28.2 Å². The summed E-state index contributed by atoms with van der Waals surface area (Å²) >= 11 is 1.05. The molecule has 1 amide bonds. The molecule has 24 heavy (non-hydrogen) atoms. The fraction of sp³-hybridized carbons (Fsp3) is 0.250. The van der Waals surface area contributed by atoms with Gasteiger partial charge in [-0.25, -0.2) is 0 Å². The number of ether oxygens (including phenoxy) is 1. The standard InChI is InChI=1S/C16H15F2NO4S/c1-9-7-12(23-16(17)18)14(24-9)15(22)19-11-4-2-3-10(8-11)5-6-13(20)21/h2-4,7-8,16H,5-6H2,1H3,(H,19,22)(H,20,21). The minimum atomic E-state index is -3.01. The molecule has 8 heteroatoms. The highest BCUT2D eigenvalue weighted by molar-refractivity contribution is 7.14. The van der Waals surface area contributed by atoms with Gasteiger partial charge >= 0.3 is 12.6 Å². The molecular formula is C16H15F2NO4S. The minimum Gasteiger partial charge on any atom is -0.481 e. The van der Waals surface area contributed by atoms with Gasteiger partial charge in [0.25, 0.3) is 5.91 Å². The summed E-state index contributed by atoms with van der Waals surface area (Å²) in [5, 5.41) is 11.3. The molecule has 0 unspecified atom stereocenters. The molecule has 0 aliphatic carbocycles. The second kappa shape index (κ2) is 7.87. The molecular weight excluding hydrogens is 340 g/mol. The van der Waals surface area contributed by atoms with Gasteiger partial charge in [0.15, 0.2) is 0 Å². The van der Waals surface area contributed by atoms with Crippen molar-refractivity contribution >= 4 is 28.9 Å². The molecule has 0 aliphatic rings. The van der Waals surface area contributed by atoms with Crippen LogP contribution in [0.15, 0.2) is 30.3 Å². The maximum atomic E-state index is 12.4. The van der Waals surface area contributed by atoms with Crippen molar-refractivity contribution in [3.8, 4) is 5.75 Å². The molecule has 0 saturated heterocycles. The predicted octanol–water partition coefficient (Wildman–Crippen LogP) is 3.93. The van der Waals surface area contributed by atoms with Gasteiger partial charge in [0, 0.05) is 17.0 Å². The molecule has 0 aliphatic heterocycles. The molecule has 0 saturated carbocycles. The van der Waals surface area contributed by atoms with E-state index in [1.807, 2.05) is 0 Å². The van der Waals surface area contributed by atoms with Crippen LogP contribution in [0.4, 0.5) is 14.5 Å². The molecule has 2 N–H and O–H groups in total. The molecule has 1 aromatic heterocycles. The van der Waals surface area contributed by atoms with Crippen molar-refractivity contribution in [1.29, 1.82) is 0 Å². The van der Waals surface area contributed by atoms with E-state index < -0.39 is 18.5 Å². The zero-order valence-electron chi connectivity index (χ0n) is 12.7. The van der Waals surface area contributed by atoms with E-state index in [0.717, 1.165) is 16.9 Å². The number of hydrogen-bond acceptors (Lipinski definition) is 4. The highest BCUT2D eigenvalue weighted by atomic mass is 32.1. The highest BCUT2D eigenvalue weighted by Gasteiger charge is 2.19. The number of nitrogens with one attached hydrogen (secondary N) is 1. The van der Waals surface area contributed by atoms with Crippen LogP contribution in [0.2, 0.25) is 0 Å². The van der Waals surface area contributed by atoms with E-state index in [2.05, 4.69) is 10.1 Å². The number of halogens is 2. The Morgan fingerprint density at radius 2 is 2.08 bits per heavy atom. The fourth-order valence-corrected chi connectivity index (χ4v) is 2.92. The van der Waals surface area contributed by atoms with Crippen LogP contribution in [0.3, 0.4) is 0 Å².